The average molecular weight is 672 g/mol. The van der Waals surface area contributed by atoms with Crippen LogP contribution < -0.4 is 10.1 Å². The normalized spacial score (nSPS) is 20.7. The first kappa shape index (κ1) is 34.4. The summed E-state index contributed by atoms with van der Waals surface area (Å²) in [5.41, 5.74) is 3.10. The van der Waals surface area contributed by atoms with E-state index in [0.29, 0.717) is 50.0 Å². The number of alkyl carbamates (subject to hydrolysis) is 1. The Hall–Kier alpha value is -4.45. The van der Waals surface area contributed by atoms with Crippen LogP contribution in [0.2, 0.25) is 0 Å². The molecule has 7 rings (SSSR count). The highest BCUT2D eigenvalue weighted by atomic mass is 16.7. The van der Waals surface area contributed by atoms with E-state index in [9.17, 15) is 14.4 Å². The van der Waals surface area contributed by atoms with Crippen LogP contribution in [0.4, 0.5) is 4.79 Å². The molecule has 0 radical (unpaired) electrons. The van der Waals surface area contributed by atoms with Gasteiger partial charge in [-0.25, -0.2) is 9.59 Å². The van der Waals surface area contributed by atoms with E-state index in [0.717, 1.165) is 49.2 Å². The Bertz CT molecular complexity index is 1540. The zero-order valence-electron chi connectivity index (χ0n) is 28.0. The highest BCUT2D eigenvalue weighted by molar-refractivity contribution is 5.89. The molecule has 11 nitrogen and oxygen atoms in total. The van der Waals surface area contributed by atoms with Gasteiger partial charge >= 0.3 is 12.1 Å². The first-order valence-electron chi connectivity index (χ1n) is 17.1. The van der Waals surface area contributed by atoms with Crippen molar-refractivity contribution in [2.75, 3.05) is 52.5 Å². The van der Waals surface area contributed by atoms with Gasteiger partial charge in [-0.15, -0.1) is 0 Å². The summed E-state index contributed by atoms with van der Waals surface area (Å²) in [4.78, 5) is 41.8. The monoisotopic (exact) mass is 671 g/mol. The van der Waals surface area contributed by atoms with Gasteiger partial charge in [0.15, 0.2) is 6.29 Å². The van der Waals surface area contributed by atoms with Gasteiger partial charge in [0.2, 0.25) is 5.91 Å². The van der Waals surface area contributed by atoms with Gasteiger partial charge < -0.3 is 33.9 Å². The molecule has 4 heterocycles. The van der Waals surface area contributed by atoms with E-state index in [-0.39, 0.29) is 31.5 Å². The zero-order chi connectivity index (χ0) is 34.0. The van der Waals surface area contributed by atoms with Crippen molar-refractivity contribution in [1.29, 1.82) is 0 Å². The van der Waals surface area contributed by atoms with E-state index in [1.165, 1.54) is 6.92 Å². The van der Waals surface area contributed by atoms with Gasteiger partial charge in [-0.05, 0) is 72.8 Å². The third kappa shape index (κ3) is 9.59. The number of ether oxygens (including phenoxy) is 5. The van der Waals surface area contributed by atoms with Crippen molar-refractivity contribution in [3.8, 4) is 5.75 Å². The Kier molecular flexibility index (Phi) is 11.8. The van der Waals surface area contributed by atoms with Crippen molar-refractivity contribution >= 4 is 18.0 Å². The number of rotatable bonds is 14. The molecule has 0 aliphatic carbocycles. The molecule has 4 aliphatic rings. The molecule has 2 atom stereocenters. The Labute approximate surface area is 287 Å². The summed E-state index contributed by atoms with van der Waals surface area (Å²) in [6.07, 6.45) is 1.91. The predicted molar refractivity (Wildman–Crippen MR) is 181 cm³/mol. The molecule has 1 unspecified atom stereocenters. The lowest BCUT2D eigenvalue weighted by Gasteiger charge is -2.43. The van der Waals surface area contributed by atoms with Crippen LogP contribution in [0, 0.1) is 5.92 Å². The zero-order valence-corrected chi connectivity index (χ0v) is 28.0. The maximum absolute atomic E-state index is 13.2. The minimum Gasteiger partial charge on any atom is -0.489 e. The summed E-state index contributed by atoms with van der Waals surface area (Å²) in [5, 5.41) is 3.11. The average Bonchev–Trinajstić information content (AvgIpc) is 3.66. The van der Waals surface area contributed by atoms with E-state index in [4.69, 9.17) is 23.7 Å². The van der Waals surface area contributed by atoms with Gasteiger partial charge in [-0.1, -0.05) is 54.6 Å². The molecule has 0 aromatic heterocycles. The fraction of sp³-hybridized carbons (Fsp3) is 0.447. The lowest BCUT2D eigenvalue weighted by molar-refractivity contribution is -0.130. The van der Waals surface area contributed by atoms with Gasteiger partial charge in [-0.2, -0.15) is 0 Å². The highest BCUT2D eigenvalue weighted by Crippen LogP contribution is 2.31. The van der Waals surface area contributed by atoms with Gasteiger partial charge in [0.25, 0.3) is 0 Å². The number of carbonyl (C=O) groups is 3. The molecule has 11 heteroatoms. The second-order valence-electron chi connectivity index (χ2n) is 12.7. The molecule has 49 heavy (non-hydrogen) atoms. The number of hydrogen-bond acceptors (Lipinski definition) is 9. The smallest absolute Gasteiger partial charge is 0.408 e. The summed E-state index contributed by atoms with van der Waals surface area (Å²) < 4.78 is 28.4. The van der Waals surface area contributed by atoms with Crippen LogP contribution in [-0.4, -0.2) is 92.7 Å². The van der Waals surface area contributed by atoms with Crippen LogP contribution in [0.3, 0.4) is 0 Å². The lowest BCUT2D eigenvalue weighted by Crippen LogP contribution is -2.52. The van der Waals surface area contributed by atoms with Crippen LogP contribution in [0.5, 0.6) is 5.75 Å². The quantitative estimate of drug-likeness (QED) is 0.238. The molecular weight excluding hydrogens is 626 g/mol. The molecule has 260 valence electrons. The highest BCUT2D eigenvalue weighted by Gasteiger charge is 2.37. The molecule has 0 saturated carbocycles. The predicted octanol–water partition coefficient (Wildman–Crippen LogP) is 4.94. The van der Waals surface area contributed by atoms with Crippen LogP contribution in [-0.2, 0) is 30.3 Å². The molecule has 3 aromatic carbocycles. The molecule has 2 amide bonds. The molecule has 0 spiro atoms. The van der Waals surface area contributed by atoms with Gasteiger partial charge in [0, 0.05) is 26.4 Å². The van der Waals surface area contributed by atoms with E-state index in [1.54, 1.807) is 17.0 Å². The first-order chi connectivity index (χ1) is 23.9. The summed E-state index contributed by atoms with van der Waals surface area (Å²) in [7, 11) is 0. The van der Waals surface area contributed by atoms with Crippen molar-refractivity contribution in [3.63, 3.8) is 0 Å². The number of nitrogens with one attached hydrogen (secondary N) is 1. The number of benzene rings is 3. The van der Waals surface area contributed by atoms with E-state index in [1.807, 2.05) is 66.7 Å². The number of esters is 1. The molecule has 4 saturated heterocycles. The van der Waals surface area contributed by atoms with Crippen molar-refractivity contribution in [1.82, 2.24) is 15.1 Å². The van der Waals surface area contributed by atoms with Crippen molar-refractivity contribution < 1.29 is 38.1 Å². The molecule has 4 fully saturated rings. The second-order valence-corrected chi connectivity index (χ2v) is 12.7. The fourth-order valence-corrected chi connectivity index (χ4v) is 6.62. The number of piperidine rings is 3. The van der Waals surface area contributed by atoms with Gasteiger partial charge in [0.05, 0.1) is 31.4 Å². The Morgan fingerprint density at radius 2 is 1.65 bits per heavy atom. The SMILES string of the molecule is CC(=O)N(CCOC(=O)c1ccc(COc2cccc([C@@H](NC(=O)OC3CN4CCC3CC4)c3ccccc3)c2)cc1)CCC1OCCO1. The molecular formula is C38H45N3O8. The summed E-state index contributed by atoms with van der Waals surface area (Å²) in [5.74, 6) is 0.514. The number of nitrogens with zero attached hydrogens (tertiary/aromatic N) is 2. The molecule has 3 aromatic rings. The van der Waals surface area contributed by atoms with Gasteiger partial charge in [-0.3, -0.25) is 9.69 Å². The maximum atomic E-state index is 13.2. The molecule has 2 bridgehead atoms. The van der Waals surface area contributed by atoms with Crippen LogP contribution in [0.25, 0.3) is 0 Å². The van der Waals surface area contributed by atoms with Gasteiger partial charge in [0.1, 0.15) is 25.1 Å². The van der Waals surface area contributed by atoms with Crippen molar-refractivity contribution in [2.24, 2.45) is 5.92 Å². The lowest BCUT2D eigenvalue weighted by atomic mass is 9.86. The Balaban J connectivity index is 1.00. The topological polar surface area (TPSA) is 116 Å². The van der Waals surface area contributed by atoms with E-state index in [2.05, 4.69) is 10.2 Å². The molecule has 1 N–H and O–H groups in total. The summed E-state index contributed by atoms with van der Waals surface area (Å²) in [6.45, 7) is 6.70. The number of fused-ring (bicyclic) bond motifs is 3. The number of hydrogen-bond donors (Lipinski definition) is 1. The van der Waals surface area contributed by atoms with Crippen molar-refractivity contribution in [3.05, 3.63) is 101 Å². The fourth-order valence-electron chi connectivity index (χ4n) is 6.62. The summed E-state index contributed by atoms with van der Waals surface area (Å²) >= 11 is 0. The third-order valence-electron chi connectivity index (χ3n) is 9.40. The summed E-state index contributed by atoms with van der Waals surface area (Å²) in [6, 6.07) is 24.1. The number of carbonyl (C=O) groups excluding carboxylic acids is 3. The molecule has 4 aliphatic heterocycles. The van der Waals surface area contributed by atoms with Crippen LogP contribution in [0.1, 0.15) is 59.3 Å². The van der Waals surface area contributed by atoms with Crippen molar-refractivity contribution in [2.45, 2.75) is 51.2 Å². The largest absolute Gasteiger partial charge is 0.489 e. The Morgan fingerprint density at radius 3 is 2.35 bits per heavy atom. The maximum Gasteiger partial charge on any atom is 0.408 e. The first-order valence-corrected chi connectivity index (χ1v) is 17.1. The second kappa shape index (κ2) is 16.8. The minimum absolute atomic E-state index is 0.0817. The Morgan fingerprint density at radius 1 is 0.918 bits per heavy atom. The minimum atomic E-state index is -0.461. The van der Waals surface area contributed by atoms with Crippen LogP contribution >= 0.6 is 0 Å². The standard InChI is InChI=1S/C38H45N3O8/c1-27(42)41(19-16-35-45-22-23-46-35)20-21-47-37(43)31-12-10-28(11-13-31)26-48-33-9-5-8-32(24-33)36(30-6-3-2-4-7-30)39-38(44)49-34-25-40-17-14-29(34)15-18-40/h2-13,24,29,34-36H,14-23,25-26H2,1H3,(H,39,44)/t34?,36-/m0/s1. The van der Waals surface area contributed by atoms with E-state index >= 15 is 0 Å². The van der Waals surface area contributed by atoms with E-state index < -0.39 is 18.1 Å². The van der Waals surface area contributed by atoms with Crippen LogP contribution in [0.15, 0.2) is 78.9 Å². The third-order valence-corrected chi connectivity index (χ3v) is 9.40. The number of amides is 2.